The molecule has 1 fully saturated rings. The molecule has 0 aliphatic carbocycles. The molecule has 2 aromatic rings. The average Bonchev–Trinajstić information content (AvgIpc) is 3.30. The molecule has 1 N–H and O–H groups in total. The molecule has 0 radical (unpaired) electrons. The first kappa shape index (κ1) is 17.4. The molecule has 2 amide bonds. The summed E-state index contributed by atoms with van der Waals surface area (Å²) in [5, 5.41) is 11.3. The Morgan fingerprint density at radius 2 is 2.04 bits per heavy atom. The van der Waals surface area contributed by atoms with Gasteiger partial charge in [-0.25, -0.2) is 0 Å². The van der Waals surface area contributed by atoms with Gasteiger partial charge in [0.1, 0.15) is 0 Å². The fourth-order valence-corrected chi connectivity index (χ4v) is 2.95. The number of aromatic nitrogens is 3. The summed E-state index contributed by atoms with van der Waals surface area (Å²) >= 11 is 5.88. The SMILES string of the molecule is O=C(NCCCn1cc(C(=O)N2CCCC2)nn1)c1cccc(Cl)c1. The molecule has 2 heterocycles. The van der Waals surface area contributed by atoms with Crippen LogP contribution in [0.4, 0.5) is 0 Å². The van der Waals surface area contributed by atoms with Crippen LogP contribution in [0.15, 0.2) is 30.5 Å². The second-order valence-electron chi connectivity index (χ2n) is 5.99. The lowest BCUT2D eigenvalue weighted by Gasteiger charge is -2.12. The van der Waals surface area contributed by atoms with Crippen LogP contribution in [0.3, 0.4) is 0 Å². The summed E-state index contributed by atoms with van der Waals surface area (Å²) in [5.74, 6) is -0.219. The molecule has 1 saturated heterocycles. The molecule has 8 heteroatoms. The normalized spacial score (nSPS) is 13.9. The van der Waals surface area contributed by atoms with Crippen molar-refractivity contribution in [2.45, 2.75) is 25.8 Å². The minimum Gasteiger partial charge on any atom is -0.352 e. The molecule has 0 bridgehead atoms. The van der Waals surface area contributed by atoms with Crippen LogP contribution >= 0.6 is 11.6 Å². The number of carbonyl (C=O) groups excluding carboxylic acids is 2. The van der Waals surface area contributed by atoms with Crippen LogP contribution in [0.25, 0.3) is 0 Å². The first-order chi connectivity index (χ1) is 12.1. The van der Waals surface area contributed by atoms with Crippen molar-refractivity contribution >= 4 is 23.4 Å². The van der Waals surface area contributed by atoms with Crippen LogP contribution in [-0.4, -0.2) is 51.3 Å². The second-order valence-corrected chi connectivity index (χ2v) is 6.42. The van der Waals surface area contributed by atoms with Gasteiger partial charge in [-0.1, -0.05) is 22.9 Å². The summed E-state index contributed by atoms with van der Waals surface area (Å²) < 4.78 is 1.63. The largest absolute Gasteiger partial charge is 0.352 e. The molecular weight excluding hydrogens is 342 g/mol. The second kappa shape index (κ2) is 8.11. The van der Waals surface area contributed by atoms with Crippen LogP contribution in [0.1, 0.15) is 40.1 Å². The highest BCUT2D eigenvalue weighted by atomic mass is 35.5. The number of amides is 2. The van der Waals surface area contributed by atoms with Gasteiger partial charge in [0.05, 0.1) is 6.20 Å². The Labute approximate surface area is 150 Å². The summed E-state index contributed by atoms with van der Waals surface area (Å²) in [6.45, 7) is 2.67. The molecule has 1 aliphatic rings. The number of hydrogen-bond donors (Lipinski definition) is 1. The van der Waals surface area contributed by atoms with E-state index in [1.54, 1.807) is 40.0 Å². The summed E-state index contributed by atoms with van der Waals surface area (Å²) in [6.07, 6.45) is 4.45. The predicted octanol–water partition coefficient (Wildman–Crippen LogP) is 1.99. The van der Waals surface area contributed by atoms with Crippen molar-refractivity contribution in [2.75, 3.05) is 19.6 Å². The van der Waals surface area contributed by atoms with E-state index in [9.17, 15) is 9.59 Å². The van der Waals surface area contributed by atoms with Crippen molar-refractivity contribution in [1.82, 2.24) is 25.2 Å². The number of hydrogen-bond acceptors (Lipinski definition) is 4. The fourth-order valence-electron chi connectivity index (χ4n) is 2.76. The van der Waals surface area contributed by atoms with Crippen molar-refractivity contribution in [2.24, 2.45) is 0 Å². The first-order valence-electron chi connectivity index (χ1n) is 8.36. The minimum atomic E-state index is -0.161. The number of likely N-dealkylation sites (tertiary alicyclic amines) is 1. The smallest absolute Gasteiger partial charge is 0.276 e. The van der Waals surface area contributed by atoms with E-state index in [0.717, 1.165) is 25.9 Å². The maximum absolute atomic E-state index is 12.2. The fraction of sp³-hybridized carbons (Fsp3) is 0.412. The van der Waals surface area contributed by atoms with Crippen molar-refractivity contribution < 1.29 is 9.59 Å². The van der Waals surface area contributed by atoms with Crippen molar-refractivity contribution in [3.05, 3.63) is 46.7 Å². The lowest BCUT2D eigenvalue weighted by molar-refractivity contribution is 0.0786. The molecule has 25 heavy (non-hydrogen) atoms. The summed E-state index contributed by atoms with van der Waals surface area (Å²) in [4.78, 5) is 26.0. The van der Waals surface area contributed by atoms with E-state index in [-0.39, 0.29) is 11.8 Å². The molecule has 132 valence electrons. The molecule has 3 rings (SSSR count). The Hall–Kier alpha value is -2.41. The number of benzene rings is 1. The van der Waals surface area contributed by atoms with Crippen LogP contribution in [0.2, 0.25) is 5.02 Å². The van der Waals surface area contributed by atoms with Gasteiger partial charge in [-0.2, -0.15) is 0 Å². The molecule has 1 aromatic heterocycles. The quantitative estimate of drug-likeness (QED) is 0.798. The molecule has 0 atom stereocenters. The van der Waals surface area contributed by atoms with Gasteiger partial charge in [-0.15, -0.1) is 5.10 Å². The zero-order valence-corrected chi connectivity index (χ0v) is 14.6. The lowest BCUT2D eigenvalue weighted by Crippen LogP contribution is -2.27. The zero-order chi connectivity index (χ0) is 17.6. The van der Waals surface area contributed by atoms with E-state index < -0.39 is 0 Å². The molecule has 7 nitrogen and oxygen atoms in total. The number of nitrogens with one attached hydrogen (secondary N) is 1. The van der Waals surface area contributed by atoms with Gasteiger partial charge in [-0.05, 0) is 37.5 Å². The number of carbonyl (C=O) groups is 2. The van der Waals surface area contributed by atoms with Gasteiger partial charge in [0, 0.05) is 36.8 Å². The highest BCUT2D eigenvalue weighted by molar-refractivity contribution is 6.30. The van der Waals surface area contributed by atoms with Crippen LogP contribution < -0.4 is 5.32 Å². The molecule has 1 aromatic carbocycles. The Morgan fingerprint density at radius 1 is 1.24 bits per heavy atom. The van der Waals surface area contributed by atoms with Crippen molar-refractivity contribution in [1.29, 1.82) is 0 Å². The van der Waals surface area contributed by atoms with Gasteiger partial charge < -0.3 is 10.2 Å². The van der Waals surface area contributed by atoms with E-state index in [2.05, 4.69) is 15.6 Å². The third kappa shape index (κ3) is 4.57. The zero-order valence-electron chi connectivity index (χ0n) is 13.8. The number of nitrogens with zero attached hydrogens (tertiary/aromatic N) is 4. The van der Waals surface area contributed by atoms with Gasteiger partial charge >= 0.3 is 0 Å². The van der Waals surface area contributed by atoms with Crippen LogP contribution in [-0.2, 0) is 6.54 Å². The lowest BCUT2D eigenvalue weighted by atomic mass is 10.2. The number of aryl methyl sites for hydroxylation is 1. The van der Waals surface area contributed by atoms with E-state index in [1.807, 2.05) is 0 Å². The van der Waals surface area contributed by atoms with Crippen LogP contribution in [0.5, 0.6) is 0 Å². The monoisotopic (exact) mass is 361 g/mol. The Morgan fingerprint density at radius 3 is 2.80 bits per heavy atom. The topological polar surface area (TPSA) is 80.1 Å². The van der Waals surface area contributed by atoms with Gasteiger partial charge in [0.2, 0.25) is 0 Å². The third-order valence-electron chi connectivity index (χ3n) is 4.09. The van der Waals surface area contributed by atoms with Gasteiger partial charge in [-0.3, -0.25) is 14.3 Å². The minimum absolute atomic E-state index is 0.0574. The third-order valence-corrected chi connectivity index (χ3v) is 4.32. The molecule has 0 unspecified atom stereocenters. The number of halogens is 1. The summed E-state index contributed by atoms with van der Waals surface area (Å²) in [7, 11) is 0. The first-order valence-corrected chi connectivity index (χ1v) is 8.74. The predicted molar refractivity (Wildman–Crippen MR) is 93.6 cm³/mol. The highest BCUT2D eigenvalue weighted by Crippen LogP contribution is 2.11. The molecule has 0 spiro atoms. The van der Waals surface area contributed by atoms with E-state index in [4.69, 9.17) is 11.6 Å². The van der Waals surface area contributed by atoms with E-state index in [1.165, 1.54) is 0 Å². The Kier molecular flexibility index (Phi) is 5.65. The number of rotatable bonds is 6. The maximum atomic E-state index is 12.2. The van der Waals surface area contributed by atoms with E-state index in [0.29, 0.717) is 35.8 Å². The maximum Gasteiger partial charge on any atom is 0.276 e. The van der Waals surface area contributed by atoms with Gasteiger partial charge in [0.25, 0.3) is 11.8 Å². The Bertz CT molecular complexity index is 755. The summed E-state index contributed by atoms with van der Waals surface area (Å²) in [5.41, 5.74) is 0.914. The molecule has 0 saturated carbocycles. The van der Waals surface area contributed by atoms with E-state index >= 15 is 0 Å². The van der Waals surface area contributed by atoms with Gasteiger partial charge in [0.15, 0.2) is 5.69 Å². The van der Waals surface area contributed by atoms with Crippen LogP contribution in [0, 0.1) is 0 Å². The Balaban J connectivity index is 1.43. The van der Waals surface area contributed by atoms with Crippen molar-refractivity contribution in [3.8, 4) is 0 Å². The average molecular weight is 362 g/mol. The molecule has 1 aliphatic heterocycles. The molecular formula is C17H20ClN5O2. The summed E-state index contributed by atoms with van der Waals surface area (Å²) in [6, 6.07) is 6.81. The van der Waals surface area contributed by atoms with Crippen molar-refractivity contribution in [3.63, 3.8) is 0 Å². The highest BCUT2D eigenvalue weighted by Gasteiger charge is 2.21. The standard InChI is InChI=1S/C17H20ClN5O2/c18-14-6-3-5-13(11-14)16(24)19-7-4-10-23-12-15(20-21-23)17(25)22-8-1-2-9-22/h3,5-6,11-12H,1-2,4,7-10H2,(H,19,24).